The van der Waals surface area contributed by atoms with Gasteiger partial charge in [-0.15, -0.1) is 0 Å². The predicted molar refractivity (Wildman–Crippen MR) is 102 cm³/mol. The summed E-state index contributed by atoms with van der Waals surface area (Å²) in [4.78, 5) is 12.5. The van der Waals surface area contributed by atoms with Gasteiger partial charge in [-0.2, -0.15) is 0 Å². The summed E-state index contributed by atoms with van der Waals surface area (Å²) in [6.45, 7) is 1.77. The highest BCUT2D eigenvalue weighted by Crippen LogP contribution is 2.22. The van der Waals surface area contributed by atoms with E-state index in [2.05, 4.69) is 10.6 Å². The van der Waals surface area contributed by atoms with Gasteiger partial charge < -0.3 is 5.32 Å². The Hall–Kier alpha value is -2.98. The molecule has 0 aliphatic carbocycles. The summed E-state index contributed by atoms with van der Waals surface area (Å²) in [5, 5.41) is 6.00. The highest BCUT2D eigenvalue weighted by atomic mass is 19.1. The molecule has 0 aromatic heterocycles. The molecule has 0 aliphatic heterocycles. The monoisotopic (exact) mass is 348 g/mol. The van der Waals surface area contributed by atoms with Crippen LogP contribution in [0.3, 0.4) is 0 Å². The van der Waals surface area contributed by atoms with Crippen molar-refractivity contribution in [1.29, 1.82) is 0 Å². The van der Waals surface area contributed by atoms with Crippen molar-refractivity contribution in [3.63, 3.8) is 0 Å². The van der Waals surface area contributed by atoms with Crippen LogP contribution in [0, 0.1) is 5.82 Å². The van der Waals surface area contributed by atoms with Crippen molar-refractivity contribution in [1.82, 2.24) is 5.32 Å². The number of nitrogens with one attached hydrogen (secondary N) is 2. The van der Waals surface area contributed by atoms with Crippen molar-refractivity contribution in [2.45, 2.75) is 19.0 Å². The van der Waals surface area contributed by atoms with Crippen LogP contribution in [0.4, 0.5) is 10.1 Å². The zero-order valence-electron chi connectivity index (χ0n) is 14.5. The number of carbonyl (C=O) groups is 1. The Bertz CT molecular complexity index is 813. The van der Waals surface area contributed by atoms with E-state index in [9.17, 15) is 9.18 Å². The molecular formula is C22H21FN2O. The van der Waals surface area contributed by atoms with Gasteiger partial charge in [-0.05, 0) is 30.2 Å². The van der Waals surface area contributed by atoms with Crippen LogP contribution in [0.15, 0.2) is 84.9 Å². The van der Waals surface area contributed by atoms with Crippen LogP contribution in [0.5, 0.6) is 0 Å². The minimum Gasteiger partial charge on any atom is -0.322 e. The van der Waals surface area contributed by atoms with Crippen LogP contribution in [-0.2, 0) is 4.79 Å². The molecule has 2 N–H and O–H groups in total. The van der Waals surface area contributed by atoms with Gasteiger partial charge in [0.1, 0.15) is 5.82 Å². The van der Waals surface area contributed by atoms with Crippen LogP contribution in [0.2, 0.25) is 0 Å². The lowest BCUT2D eigenvalue weighted by Crippen LogP contribution is -2.40. The third-order valence-electron chi connectivity index (χ3n) is 4.21. The van der Waals surface area contributed by atoms with Gasteiger partial charge in [-0.3, -0.25) is 10.1 Å². The summed E-state index contributed by atoms with van der Waals surface area (Å²) in [5.41, 5.74) is 2.30. The number of amides is 1. The Morgan fingerprint density at radius 1 is 0.808 bits per heavy atom. The van der Waals surface area contributed by atoms with Crippen LogP contribution in [0.25, 0.3) is 0 Å². The second kappa shape index (κ2) is 8.41. The third-order valence-corrected chi connectivity index (χ3v) is 4.21. The van der Waals surface area contributed by atoms with Crippen LogP contribution >= 0.6 is 0 Å². The molecular weight excluding hydrogens is 327 g/mol. The molecule has 0 unspecified atom stereocenters. The average Bonchev–Trinajstić information content (AvgIpc) is 2.69. The van der Waals surface area contributed by atoms with Gasteiger partial charge in [-0.25, -0.2) is 4.39 Å². The van der Waals surface area contributed by atoms with Crippen molar-refractivity contribution in [3.05, 3.63) is 102 Å². The smallest absolute Gasteiger partial charge is 0.241 e. The van der Waals surface area contributed by atoms with Crippen molar-refractivity contribution >= 4 is 11.6 Å². The Kier molecular flexibility index (Phi) is 5.77. The second-order valence-corrected chi connectivity index (χ2v) is 6.11. The molecule has 3 aromatic rings. The number of hydrogen-bond acceptors (Lipinski definition) is 2. The molecule has 0 aliphatic rings. The number of carbonyl (C=O) groups excluding carboxylic acids is 1. The summed E-state index contributed by atoms with van der Waals surface area (Å²) in [6, 6.07) is 25.4. The molecule has 4 heteroatoms. The van der Waals surface area contributed by atoms with Crippen LogP contribution in [0.1, 0.15) is 24.1 Å². The summed E-state index contributed by atoms with van der Waals surface area (Å²) in [7, 11) is 0. The molecule has 0 saturated carbocycles. The van der Waals surface area contributed by atoms with E-state index in [0.29, 0.717) is 0 Å². The lowest BCUT2D eigenvalue weighted by molar-refractivity contribution is -0.117. The van der Waals surface area contributed by atoms with E-state index in [1.165, 1.54) is 6.07 Å². The van der Waals surface area contributed by atoms with E-state index in [1.54, 1.807) is 25.1 Å². The van der Waals surface area contributed by atoms with Gasteiger partial charge in [0.25, 0.3) is 0 Å². The quantitative estimate of drug-likeness (QED) is 0.687. The molecule has 0 fully saturated rings. The standard InChI is InChI=1S/C22H21FN2O/c1-16(22(26)25-20-15-9-8-14-19(20)23)24-21(17-10-4-2-5-11-17)18-12-6-3-7-13-18/h2-16,21,24H,1H3,(H,25,26)/t16-/m0/s1. The molecule has 1 amide bonds. The molecule has 0 saturated heterocycles. The van der Waals surface area contributed by atoms with Gasteiger partial charge >= 0.3 is 0 Å². The zero-order valence-corrected chi connectivity index (χ0v) is 14.5. The van der Waals surface area contributed by atoms with Gasteiger partial charge in [0.2, 0.25) is 5.91 Å². The molecule has 0 heterocycles. The highest BCUT2D eigenvalue weighted by Gasteiger charge is 2.21. The van der Waals surface area contributed by atoms with E-state index >= 15 is 0 Å². The number of halogens is 1. The molecule has 26 heavy (non-hydrogen) atoms. The topological polar surface area (TPSA) is 41.1 Å². The highest BCUT2D eigenvalue weighted by molar-refractivity contribution is 5.94. The Morgan fingerprint density at radius 2 is 1.31 bits per heavy atom. The summed E-state index contributed by atoms with van der Waals surface area (Å²) in [5.74, 6) is -0.734. The molecule has 3 aromatic carbocycles. The lowest BCUT2D eigenvalue weighted by atomic mass is 9.98. The molecule has 132 valence electrons. The number of anilines is 1. The van der Waals surface area contributed by atoms with Crippen LogP contribution < -0.4 is 10.6 Å². The minimum absolute atomic E-state index is 0.140. The van der Waals surface area contributed by atoms with E-state index in [0.717, 1.165) is 11.1 Å². The fraction of sp³-hybridized carbons (Fsp3) is 0.136. The lowest BCUT2D eigenvalue weighted by Gasteiger charge is -2.24. The van der Waals surface area contributed by atoms with Crippen molar-refractivity contribution in [3.8, 4) is 0 Å². The summed E-state index contributed by atoms with van der Waals surface area (Å²) < 4.78 is 13.8. The first kappa shape index (κ1) is 17.8. The molecule has 3 rings (SSSR count). The molecule has 0 bridgehead atoms. The number of benzene rings is 3. The normalized spacial score (nSPS) is 12.0. The van der Waals surface area contributed by atoms with Crippen molar-refractivity contribution in [2.75, 3.05) is 5.32 Å². The number of para-hydroxylation sites is 1. The number of hydrogen-bond donors (Lipinski definition) is 2. The predicted octanol–water partition coefficient (Wildman–Crippen LogP) is 4.53. The second-order valence-electron chi connectivity index (χ2n) is 6.11. The maximum Gasteiger partial charge on any atom is 0.241 e. The average molecular weight is 348 g/mol. The van der Waals surface area contributed by atoms with E-state index in [4.69, 9.17) is 0 Å². The summed E-state index contributed by atoms with van der Waals surface area (Å²) >= 11 is 0. The summed E-state index contributed by atoms with van der Waals surface area (Å²) in [6.07, 6.45) is 0. The SMILES string of the molecule is C[C@H](NC(c1ccccc1)c1ccccc1)C(=O)Nc1ccccc1F. The maximum absolute atomic E-state index is 13.8. The first-order chi connectivity index (χ1) is 12.6. The van der Waals surface area contributed by atoms with Gasteiger partial charge in [0, 0.05) is 0 Å². The Balaban J connectivity index is 1.78. The fourth-order valence-corrected chi connectivity index (χ4v) is 2.81. The van der Waals surface area contributed by atoms with Crippen molar-refractivity contribution in [2.24, 2.45) is 0 Å². The van der Waals surface area contributed by atoms with Gasteiger partial charge in [0.05, 0.1) is 17.8 Å². The van der Waals surface area contributed by atoms with E-state index < -0.39 is 11.9 Å². The fourth-order valence-electron chi connectivity index (χ4n) is 2.81. The molecule has 3 nitrogen and oxygen atoms in total. The minimum atomic E-state index is -0.514. The number of rotatable bonds is 6. The first-order valence-electron chi connectivity index (χ1n) is 8.56. The Labute approximate surface area is 152 Å². The maximum atomic E-state index is 13.8. The third kappa shape index (κ3) is 4.35. The Morgan fingerprint density at radius 3 is 1.85 bits per heavy atom. The van der Waals surface area contributed by atoms with E-state index in [1.807, 2.05) is 60.7 Å². The van der Waals surface area contributed by atoms with Gasteiger partial charge in [0.15, 0.2) is 0 Å². The molecule has 0 radical (unpaired) electrons. The zero-order chi connectivity index (χ0) is 18.4. The molecule has 0 spiro atoms. The van der Waals surface area contributed by atoms with Crippen LogP contribution in [-0.4, -0.2) is 11.9 Å². The first-order valence-corrected chi connectivity index (χ1v) is 8.56. The van der Waals surface area contributed by atoms with E-state index in [-0.39, 0.29) is 17.6 Å². The largest absolute Gasteiger partial charge is 0.322 e. The van der Waals surface area contributed by atoms with Crippen molar-refractivity contribution < 1.29 is 9.18 Å². The molecule has 1 atom stereocenters. The van der Waals surface area contributed by atoms with Gasteiger partial charge in [-0.1, -0.05) is 72.8 Å².